The van der Waals surface area contributed by atoms with E-state index >= 15 is 0 Å². The van der Waals surface area contributed by atoms with Crippen molar-refractivity contribution in [3.8, 4) is 0 Å². The van der Waals surface area contributed by atoms with Gasteiger partial charge in [0.05, 0.1) is 6.61 Å². The third-order valence-electron chi connectivity index (χ3n) is 2.18. The Bertz CT molecular complexity index is 333. The first-order chi connectivity index (χ1) is 6.83. The summed E-state index contributed by atoms with van der Waals surface area (Å²) in [5, 5.41) is 1.98. The zero-order valence-electron chi connectivity index (χ0n) is 7.99. The number of esters is 1. The Labute approximate surface area is 91.7 Å². The second kappa shape index (κ2) is 4.36. The van der Waals surface area contributed by atoms with Gasteiger partial charge in [-0.25, -0.2) is 0 Å². The minimum absolute atomic E-state index is 0.0788. The van der Waals surface area contributed by atoms with Crippen LogP contribution < -0.4 is 0 Å². The maximum absolute atomic E-state index is 11.6. The van der Waals surface area contributed by atoms with Crippen molar-refractivity contribution in [2.75, 3.05) is 12.4 Å². The van der Waals surface area contributed by atoms with E-state index in [0.29, 0.717) is 6.61 Å². The molecule has 2 heterocycles. The van der Waals surface area contributed by atoms with Gasteiger partial charge in [-0.05, 0) is 36.1 Å². The van der Waals surface area contributed by atoms with Crippen LogP contribution in [0.15, 0.2) is 11.4 Å². The van der Waals surface area contributed by atoms with E-state index in [1.165, 1.54) is 10.4 Å². The number of thioether (sulfide) groups is 1. The van der Waals surface area contributed by atoms with Gasteiger partial charge in [-0.15, -0.1) is 23.1 Å². The SMILES string of the molecule is CCOC(=O)C1SCCc2sccc21. The van der Waals surface area contributed by atoms with Crippen molar-refractivity contribution in [2.45, 2.75) is 18.6 Å². The Kier molecular flexibility index (Phi) is 3.13. The predicted octanol–water partition coefficient (Wildman–Crippen LogP) is 2.64. The topological polar surface area (TPSA) is 26.3 Å². The maximum atomic E-state index is 11.6. The first-order valence-electron chi connectivity index (χ1n) is 4.67. The Hall–Kier alpha value is -0.480. The third kappa shape index (κ3) is 1.81. The Balaban J connectivity index is 2.19. The second-order valence-corrected chi connectivity index (χ2v) is 5.27. The van der Waals surface area contributed by atoms with E-state index in [2.05, 4.69) is 5.38 Å². The molecule has 1 aliphatic rings. The fourth-order valence-electron chi connectivity index (χ4n) is 1.56. The highest BCUT2D eigenvalue weighted by atomic mass is 32.2. The molecule has 1 unspecified atom stereocenters. The van der Waals surface area contributed by atoms with Gasteiger partial charge in [-0.2, -0.15) is 0 Å². The van der Waals surface area contributed by atoms with Crippen LogP contribution in [-0.4, -0.2) is 18.3 Å². The summed E-state index contributed by atoms with van der Waals surface area (Å²) in [6.07, 6.45) is 1.09. The van der Waals surface area contributed by atoms with E-state index in [1.54, 1.807) is 23.1 Å². The molecular formula is C10H12O2S2. The predicted molar refractivity (Wildman–Crippen MR) is 59.9 cm³/mol. The van der Waals surface area contributed by atoms with Crippen LogP contribution >= 0.6 is 23.1 Å². The lowest BCUT2D eigenvalue weighted by Crippen LogP contribution is -2.17. The number of carbonyl (C=O) groups is 1. The van der Waals surface area contributed by atoms with Gasteiger partial charge >= 0.3 is 5.97 Å². The van der Waals surface area contributed by atoms with Gasteiger partial charge < -0.3 is 4.74 Å². The molecule has 0 bridgehead atoms. The van der Waals surface area contributed by atoms with Crippen molar-refractivity contribution in [3.63, 3.8) is 0 Å². The van der Waals surface area contributed by atoms with Crippen molar-refractivity contribution in [2.24, 2.45) is 0 Å². The number of hydrogen-bond donors (Lipinski definition) is 0. The molecule has 0 aliphatic carbocycles. The van der Waals surface area contributed by atoms with Crippen molar-refractivity contribution >= 4 is 29.1 Å². The number of rotatable bonds is 2. The molecule has 1 aromatic rings. The molecule has 0 saturated heterocycles. The van der Waals surface area contributed by atoms with Gasteiger partial charge in [0, 0.05) is 4.88 Å². The number of carbonyl (C=O) groups excluding carboxylic acids is 1. The lowest BCUT2D eigenvalue weighted by molar-refractivity contribution is -0.142. The molecule has 0 aromatic carbocycles. The number of hydrogen-bond acceptors (Lipinski definition) is 4. The van der Waals surface area contributed by atoms with E-state index in [4.69, 9.17) is 4.74 Å². The molecule has 0 saturated carbocycles. The van der Waals surface area contributed by atoms with Gasteiger partial charge in [-0.1, -0.05) is 0 Å². The standard InChI is InChI=1S/C10H12O2S2/c1-2-12-10(11)9-7-3-5-13-8(7)4-6-14-9/h3,5,9H,2,4,6H2,1H3. The molecule has 2 nitrogen and oxygen atoms in total. The number of fused-ring (bicyclic) bond motifs is 1. The Morgan fingerprint density at radius 1 is 1.71 bits per heavy atom. The summed E-state index contributed by atoms with van der Waals surface area (Å²) in [5.41, 5.74) is 1.17. The lowest BCUT2D eigenvalue weighted by Gasteiger charge is -2.20. The van der Waals surface area contributed by atoms with Crippen LogP contribution in [0.3, 0.4) is 0 Å². The van der Waals surface area contributed by atoms with Crippen LogP contribution in [0, 0.1) is 0 Å². The van der Waals surface area contributed by atoms with Crippen molar-refractivity contribution in [1.29, 1.82) is 0 Å². The number of thiophene rings is 1. The van der Waals surface area contributed by atoms with Crippen LogP contribution in [0.2, 0.25) is 0 Å². The normalized spacial score (nSPS) is 20.2. The molecule has 4 heteroatoms. The average molecular weight is 228 g/mol. The number of ether oxygens (including phenoxy) is 1. The van der Waals surface area contributed by atoms with Crippen LogP contribution in [-0.2, 0) is 16.0 Å². The highest BCUT2D eigenvalue weighted by Crippen LogP contribution is 2.39. The van der Waals surface area contributed by atoms with Gasteiger partial charge in [-0.3, -0.25) is 4.79 Å². The van der Waals surface area contributed by atoms with E-state index in [-0.39, 0.29) is 11.2 Å². The molecule has 0 radical (unpaired) electrons. The van der Waals surface area contributed by atoms with Gasteiger partial charge in [0.15, 0.2) is 0 Å². The van der Waals surface area contributed by atoms with Crippen LogP contribution in [0.1, 0.15) is 22.6 Å². The van der Waals surface area contributed by atoms with Crippen molar-refractivity contribution in [1.82, 2.24) is 0 Å². The number of aryl methyl sites for hydroxylation is 1. The monoisotopic (exact) mass is 228 g/mol. The van der Waals surface area contributed by atoms with Crippen LogP contribution in [0.4, 0.5) is 0 Å². The smallest absolute Gasteiger partial charge is 0.323 e. The molecule has 0 fully saturated rings. The second-order valence-electron chi connectivity index (χ2n) is 3.05. The summed E-state index contributed by atoms with van der Waals surface area (Å²) in [4.78, 5) is 13.0. The molecule has 1 aromatic heterocycles. The largest absolute Gasteiger partial charge is 0.465 e. The lowest BCUT2D eigenvalue weighted by atomic mass is 10.1. The van der Waals surface area contributed by atoms with E-state index in [1.807, 2.05) is 13.0 Å². The molecule has 0 amide bonds. The molecule has 0 N–H and O–H groups in total. The minimum atomic E-state index is -0.0862. The summed E-state index contributed by atoms with van der Waals surface area (Å²) in [6, 6.07) is 2.05. The zero-order chi connectivity index (χ0) is 9.97. The Morgan fingerprint density at radius 2 is 2.57 bits per heavy atom. The van der Waals surface area contributed by atoms with Gasteiger partial charge in [0.25, 0.3) is 0 Å². The molecule has 2 rings (SSSR count). The van der Waals surface area contributed by atoms with Crippen LogP contribution in [0.25, 0.3) is 0 Å². The van der Waals surface area contributed by atoms with E-state index in [9.17, 15) is 4.79 Å². The fourth-order valence-corrected chi connectivity index (χ4v) is 3.85. The quantitative estimate of drug-likeness (QED) is 0.728. The molecule has 1 aliphatic heterocycles. The van der Waals surface area contributed by atoms with E-state index < -0.39 is 0 Å². The minimum Gasteiger partial charge on any atom is -0.465 e. The van der Waals surface area contributed by atoms with Crippen molar-refractivity contribution in [3.05, 3.63) is 21.9 Å². The molecule has 14 heavy (non-hydrogen) atoms. The van der Waals surface area contributed by atoms with Gasteiger partial charge in [0.1, 0.15) is 5.25 Å². The molecule has 1 atom stereocenters. The maximum Gasteiger partial charge on any atom is 0.323 e. The summed E-state index contributed by atoms with van der Waals surface area (Å²) >= 11 is 3.43. The van der Waals surface area contributed by atoms with Gasteiger partial charge in [0.2, 0.25) is 0 Å². The first-order valence-corrected chi connectivity index (χ1v) is 6.60. The third-order valence-corrected chi connectivity index (χ3v) is 4.39. The van der Waals surface area contributed by atoms with E-state index in [0.717, 1.165) is 12.2 Å². The van der Waals surface area contributed by atoms with Crippen LogP contribution in [0.5, 0.6) is 0 Å². The molecule has 76 valence electrons. The zero-order valence-corrected chi connectivity index (χ0v) is 9.62. The fraction of sp³-hybridized carbons (Fsp3) is 0.500. The summed E-state index contributed by atoms with van der Waals surface area (Å²) in [6.45, 7) is 2.31. The Morgan fingerprint density at radius 3 is 3.36 bits per heavy atom. The summed E-state index contributed by atoms with van der Waals surface area (Å²) < 4.78 is 5.05. The highest BCUT2D eigenvalue weighted by Gasteiger charge is 2.28. The highest BCUT2D eigenvalue weighted by molar-refractivity contribution is 8.00. The average Bonchev–Trinajstić information content (AvgIpc) is 2.65. The molecule has 0 spiro atoms. The summed E-state index contributed by atoms with van der Waals surface area (Å²) in [7, 11) is 0. The van der Waals surface area contributed by atoms with Crippen molar-refractivity contribution < 1.29 is 9.53 Å². The summed E-state index contributed by atoms with van der Waals surface area (Å²) in [5.74, 6) is 0.939. The molecular weight excluding hydrogens is 216 g/mol. The first kappa shape index (κ1) is 10.1.